The van der Waals surface area contributed by atoms with Gasteiger partial charge in [0.25, 0.3) is 0 Å². The van der Waals surface area contributed by atoms with Crippen molar-refractivity contribution in [1.82, 2.24) is 10.6 Å². The average Bonchev–Trinajstić information content (AvgIpc) is 2.78. The molecule has 1 fully saturated rings. The van der Waals surface area contributed by atoms with Crippen LogP contribution < -0.4 is 15.5 Å². The Bertz CT molecular complexity index is 463. The number of hydrogen-bond donors (Lipinski definition) is 2. The Labute approximate surface area is 106 Å². The van der Waals surface area contributed by atoms with Crippen molar-refractivity contribution >= 4 is 11.7 Å². The van der Waals surface area contributed by atoms with Crippen molar-refractivity contribution in [2.75, 3.05) is 25.0 Å². The summed E-state index contributed by atoms with van der Waals surface area (Å²) in [6.45, 7) is 1.55. The maximum absolute atomic E-state index is 11.8. The van der Waals surface area contributed by atoms with Crippen LogP contribution in [0.2, 0.25) is 0 Å². The van der Waals surface area contributed by atoms with Gasteiger partial charge in [0.15, 0.2) is 0 Å². The molecule has 94 valence electrons. The molecule has 1 atom stereocenters. The summed E-state index contributed by atoms with van der Waals surface area (Å²) in [5.41, 5.74) is 1.43. The van der Waals surface area contributed by atoms with Gasteiger partial charge in [0, 0.05) is 18.3 Å². The highest BCUT2D eigenvalue weighted by molar-refractivity contribution is 5.94. The number of nitrogens with zero attached hydrogens (tertiary/aromatic N) is 2. The van der Waals surface area contributed by atoms with E-state index in [1.807, 2.05) is 7.05 Å². The minimum absolute atomic E-state index is 0.0687. The smallest absolute Gasteiger partial charge is 0.322 e. The van der Waals surface area contributed by atoms with Gasteiger partial charge in [-0.05, 0) is 44.3 Å². The molecule has 1 aliphatic rings. The number of hydrogen-bond acceptors (Lipinski definition) is 3. The standard InChI is InChI=1S/C13H16N4O/c1-15-7-6-11-9-17(13(18)16-11)12-4-2-10(8-14)3-5-12/h2-5,11,15H,6-7,9H2,1H3,(H,16,18). The zero-order chi connectivity index (χ0) is 13.0. The summed E-state index contributed by atoms with van der Waals surface area (Å²) >= 11 is 0. The topological polar surface area (TPSA) is 68.2 Å². The first-order valence-corrected chi connectivity index (χ1v) is 5.97. The maximum atomic E-state index is 11.8. The molecule has 1 unspecified atom stereocenters. The quantitative estimate of drug-likeness (QED) is 0.832. The van der Waals surface area contributed by atoms with E-state index in [0.717, 1.165) is 18.7 Å². The highest BCUT2D eigenvalue weighted by Crippen LogP contribution is 2.19. The van der Waals surface area contributed by atoms with Gasteiger partial charge in [-0.3, -0.25) is 4.90 Å². The Balaban J connectivity index is 2.04. The third-order valence-corrected chi connectivity index (χ3v) is 3.03. The van der Waals surface area contributed by atoms with Crippen LogP contribution in [-0.2, 0) is 0 Å². The van der Waals surface area contributed by atoms with Gasteiger partial charge in [0.1, 0.15) is 0 Å². The first-order chi connectivity index (χ1) is 8.74. The number of nitrogens with one attached hydrogen (secondary N) is 2. The lowest BCUT2D eigenvalue weighted by molar-refractivity contribution is 0.250. The number of urea groups is 1. The van der Waals surface area contributed by atoms with E-state index in [1.165, 1.54) is 0 Å². The molecule has 0 aromatic heterocycles. The van der Waals surface area contributed by atoms with E-state index in [0.29, 0.717) is 12.1 Å². The van der Waals surface area contributed by atoms with Crippen molar-refractivity contribution in [3.63, 3.8) is 0 Å². The summed E-state index contributed by atoms with van der Waals surface area (Å²) in [5, 5.41) is 14.8. The van der Waals surface area contributed by atoms with Crippen LogP contribution >= 0.6 is 0 Å². The Hall–Kier alpha value is -2.06. The molecule has 5 nitrogen and oxygen atoms in total. The molecule has 1 heterocycles. The van der Waals surface area contributed by atoms with E-state index in [4.69, 9.17) is 5.26 Å². The molecule has 1 aromatic carbocycles. The van der Waals surface area contributed by atoms with Gasteiger partial charge in [-0.1, -0.05) is 0 Å². The molecule has 1 aliphatic heterocycles. The normalized spacial score (nSPS) is 18.6. The minimum Gasteiger partial charge on any atom is -0.333 e. The molecule has 0 bridgehead atoms. The maximum Gasteiger partial charge on any atom is 0.322 e. The van der Waals surface area contributed by atoms with Crippen molar-refractivity contribution in [1.29, 1.82) is 5.26 Å². The third-order valence-electron chi connectivity index (χ3n) is 3.03. The van der Waals surface area contributed by atoms with Crippen LogP contribution in [0.25, 0.3) is 0 Å². The Kier molecular flexibility index (Phi) is 3.80. The number of rotatable bonds is 4. The Morgan fingerprint density at radius 1 is 1.50 bits per heavy atom. The number of benzene rings is 1. The van der Waals surface area contributed by atoms with Gasteiger partial charge in [-0.2, -0.15) is 5.26 Å². The fourth-order valence-corrected chi connectivity index (χ4v) is 2.02. The summed E-state index contributed by atoms with van der Waals surface area (Å²) in [6.07, 6.45) is 0.912. The molecule has 1 aromatic rings. The molecule has 1 saturated heterocycles. The molecule has 0 saturated carbocycles. The van der Waals surface area contributed by atoms with Crippen LogP contribution in [0.4, 0.5) is 10.5 Å². The van der Waals surface area contributed by atoms with Crippen molar-refractivity contribution in [3.05, 3.63) is 29.8 Å². The average molecular weight is 244 g/mol. The molecular formula is C13H16N4O. The van der Waals surface area contributed by atoms with Crippen molar-refractivity contribution in [2.45, 2.75) is 12.5 Å². The molecular weight excluding hydrogens is 228 g/mol. The van der Waals surface area contributed by atoms with E-state index < -0.39 is 0 Å². The van der Waals surface area contributed by atoms with Crippen LogP contribution in [0.15, 0.2) is 24.3 Å². The summed E-state index contributed by atoms with van der Waals surface area (Å²) < 4.78 is 0. The largest absolute Gasteiger partial charge is 0.333 e. The van der Waals surface area contributed by atoms with E-state index >= 15 is 0 Å². The first-order valence-electron chi connectivity index (χ1n) is 5.97. The number of anilines is 1. The van der Waals surface area contributed by atoms with Gasteiger partial charge in [0.2, 0.25) is 0 Å². The van der Waals surface area contributed by atoms with Crippen molar-refractivity contribution in [2.24, 2.45) is 0 Å². The van der Waals surface area contributed by atoms with Gasteiger partial charge in [-0.15, -0.1) is 0 Å². The van der Waals surface area contributed by atoms with Crippen LogP contribution in [0.5, 0.6) is 0 Å². The monoisotopic (exact) mass is 244 g/mol. The highest BCUT2D eigenvalue weighted by atomic mass is 16.2. The Morgan fingerprint density at radius 3 is 2.83 bits per heavy atom. The van der Waals surface area contributed by atoms with Crippen LogP contribution in [-0.4, -0.2) is 32.2 Å². The predicted octanol–water partition coefficient (Wildman–Crippen LogP) is 1.07. The zero-order valence-corrected chi connectivity index (χ0v) is 10.3. The van der Waals surface area contributed by atoms with E-state index in [9.17, 15) is 4.79 Å². The zero-order valence-electron chi connectivity index (χ0n) is 10.3. The third kappa shape index (κ3) is 2.60. The van der Waals surface area contributed by atoms with Gasteiger partial charge in [0.05, 0.1) is 11.6 Å². The SMILES string of the molecule is CNCCC1CN(c2ccc(C#N)cc2)C(=O)N1. The predicted molar refractivity (Wildman–Crippen MR) is 69.4 cm³/mol. The minimum atomic E-state index is -0.0687. The van der Waals surface area contributed by atoms with E-state index in [-0.39, 0.29) is 12.1 Å². The van der Waals surface area contributed by atoms with Crippen molar-refractivity contribution in [3.8, 4) is 6.07 Å². The number of nitriles is 1. The second-order valence-electron chi connectivity index (χ2n) is 4.31. The summed E-state index contributed by atoms with van der Waals surface area (Å²) in [6, 6.07) is 9.24. The molecule has 18 heavy (non-hydrogen) atoms. The molecule has 5 heteroatoms. The summed E-state index contributed by atoms with van der Waals surface area (Å²) in [7, 11) is 1.90. The summed E-state index contributed by atoms with van der Waals surface area (Å²) in [4.78, 5) is 13.5. The lowest BCUT2D eigenvalue weighted by atomic mass is 10.2. The highest BCUT2D eigenvalue weighted by Gasteiger charge is 2.29. The lowest BCUT2D eigenvalue weighted by Crippen LogP contribution is -2.29. The summed E-state index contributed by atoms with van der Waals surface area (Å²) in [5.74, 6) is 0. The number of carbonyl (C=O) groups excluding carboxylic acids is 1. The molecule has 2 amide bonds. The van der Waals surface area contributed by atoms with Crippen LogP contribution in [0.1, 0.15) is 12.0 Å². The second-order valence-corrected chi connectivity index (χ2v) is 4.31. The van der Waals surface area contributed by atoms with Gasteiger partial charge < -0.3 is 10.6 Å². The second kappa shape index (κ2) is 5.52. The van der Waals surface area contributed by atoms with Gasteiger partial charge in [-0.25, -0.2) is 4.79 Å². The molecule has 0 aliphatic carbocycles. The number of carbonyl (C=O) groups is 1. The first kappa shape index (κ1) is 12.4. The molecule has 0 spiro atoms. The number of amides is 2. The van der Waals surface area contributed by atoms with Gasteiger partial charge >= 0.3 is 6.03 Å². The van der Waals surface area contributed by atoms with Crippen molar-refractivity contribution < 1.29 is 4.79 Å². The lowest BCUT2D eigenvalue weighted by Gasteiger charge is -2.14. The fourth-order valence-electron chi connectivity index (χ4n) is 2.02. The Morgan fingerprint density at radius 2 is 2.22 bits per heavy atom. The van der Waals surface area contributed by atoms with Crippen LogP contribution in [0, 0.1) is 11.3 Å². The molecule has 2 rings (SSSR count). The van der Waals surface area contributed by atoms with Crippen LogP contribution in [0.3, 0.4) is 0 Å². The van der Waals surface area contributed by atoms with E-state index in [2.05, 4.69) is 16.7 Å². The van der Waals surface area contributed by atoms with E-state index in [1.54, 1.807) is 29.2 Å². The fraction of sp³-hybridized carbons (Fsp3) is 0.385. The molecule has 2 N–H and O–H groups in total. The molecule has 0 radical (unpaired) electrons.